The number of benzene rings is 5. The van der Waals surface area contributed by atoms with Crippen LogP contribution in [0.3, 0.4) is 0 Å². The third kappa shape index (κ3) is 5.47. The van der Waals surface area contributed by atoms with Crippen molar-refractivity contribution in [2.24, 2.45) is 5.73 Å². The number of anilines is 1. The third-order valence-corrected chi connectivity index (χ3v) is 7.55. The number of aromatic carboxylic acids is 1. The van der Waals surface area contributed by atoms with Crippen molar-refractivity contribution in [3.63, 3.8) is 0 Å². The minimum Gasteiger partial charge on any atom is -0.478 e. The van der Waals surface area contributed by atoms with Gasteiger partial charge in [-0.25, -0.2) is 17.6 Å². The lowest BCUT2D eigenvalue weighted by Crippen LogP contribution is -2.13. The van der Waals surface area contributed by atoms with Gasteiger partial charge in [-0.3, -0.25) is 10.1 Å². The molecule has 40 heavy (non-hydrogen) atoms. The summed E-state index contributed by atoms with van der Waals surface area (Å²) >= 11 is 0. The predicted octanol–water partition coefficient (Wildman–Crippen LogP) is 6.22. The Bertz CT molecular complexity index is 1890. The van der Waals surface area contributed by atoms with Crippen LogP contribution in [0.15, 0.2) is 108 Å². The second-order valence-electron chi connectivity index (χ2n) is 8.86. The number of ether oxygens (including phenoxy) is 1. The van der Waals surface area contributed by atoms with E-state index in [4.69, 9.17) is 15.9 Å². The average molecular weight is 556 g/mol. The van der Waals surface area contributed by atoms with Gasteiger partial charge in [0.05, 0.1) is 10.5 Å². The molecular formula is C30H22FN3O5S. The fourth-order valence-corrected chi connectivity index (χ4v) is 5.26. The van der Waals surface area contributed by atoms with Crippen LogP contribution >= 0.6 is 0 Å². The lowest BCUT2D eigenvalue weighted by molar-refractivity contribution is 0.0697. The van der Waals surface area contributed by atoms with Gasteiger partial charge in [-0.1, -0.05) is 36.4 Å². The lowest BCUT2D eigenvalue weighted by atomic mass is 9.98. The molecule has 0 spiro atoms. The van der Waals surface area contributed by atoms with Gasteiger partial charge in [-0.05, 0) is 83.1 Å². The molecule has 0 saturated carbocycles. The molecule has 0 fully saturated rings. The van der Waals surface area contributed by atoms with Crippen molar-refractivity contribution in [2.75, 3.05) is 4.72 Å². The maximum Gasteiger partial charge on any atom is 0.336 e. The summed E-state index contributed by atoms with van der Waals surface area (Å²) in [5.74, 6) is -1.03. The van der Waals surface area contributed by atoms with Crippen LogP contribution in [-0.2, 0) is 10.0 Å². The molecule has 0 aliphatic carbocycles. The standard InChI is InChI=1S/C30H22FN3O5S/c31-21-8-12-24(13-9-21)40(37,38)34-22-10-14-28(27(17-22)25-3-1-2-4-26(25)30(35)36)39-23-11-7-18-15-20(29(32)33)6-5-19(18)16-23/h1-17,34H,(H3,32,33)(H,35,36). The Kier molecular flexibility index (Phi) is 6.93. The summed E-state index contributed by atoms with van der Waals surface area (Å²) in [5.41, 5.74) is 6.99. The van der Waals surface area contributed by atoms with Crippen molar-refractivity contribution < 1.29 is 27.4 Å². The number of sulfonamides is 1. The Morgan fingerprint density at radius 3 is 2.27 bits per heavy atom. The maximum absolute atomic E-state index is 13.3. The zero-order chi connectivity index (χ0) is 28.4. The minimum atomic E-state index is -4.06. The van der Waals surface area contributed by atoms with Gasteiger partial charge >= 0.3 is 5.97 Å². The third-order valence-electron chi connectivity index (χ3n) is 6.15. The number of hydrogen-bond donors (Lipinski definition) is 4. The fourth-order valence-electron chi connectivity index (χ4n) is 4.21. The van der Waals surface area contributed by atoms with Gasteiger partial charge in [0.25, 0.3) is 10.0 Å². The van der Waals surface area contributed by atoms with Gasteiger partial charge in [-0.2, -0.15) is 0 Å². The van der Waals surface area contributed by atoms with Crippen molar-refractivity contribution >= 4 is 38.3 Å². The number of amidine groups is 1. The number of nitrogen functional groups attached to an aromatic ring is 1. The van der Waals surface area contributed by atoms with Gasteiger partial charge in [0.2, 0.25) is 0 Å². The largest absolute Gasteiger partial charge is 0.478 e. The lowest BCUT2D eigenvalue weighted by Gasteiger charge is -2.16. The van der Waals surface area contributed by atoms with E-state index >= 15 is 0 Å². The molecule has 5 aromatic carbocycles. The zero-order valence-electron chi connectivity index (χ0n) is 20.8. The van der Waals surface area contributed by atoms with Crippen molar-refractivity contribution in [3.05, 3.63) is 120 Å². The van der Waals surface area contributed by atoms with Gasteiger partial charge in [0.1, 0.15) is 23.2 Å². The van der Waals surface area contributed by atoms with E-state index in [0.717, 1.165) is 35.0 Å². The van der Waals surface area contributed by atoms with E-state index in [1.54, 1.807) is 48.5 Å². The first kappa shape index (κ1) is 26.4. The average Bonchev–Trinajstić information content (AvgIpc) is 2.93. The number of carboxylic acids is 1. The molecule has 0 aliphatic heterocycles. The molecule has 5 N–H and O–H groups in total. The number of carbonyl (C=O) groups is 1. The van der Waals surface area contributed by atoms with Gasteiger partial charge in [-0.15, -0.1) is 0 Å². The van der Waals surface area contributed by atoms with Crippen LogP contribution in [-0.4, -0.2) is 25.3 Å². The first-order valence-corrected chi connectivity index (χ1v) is 13.4. The van der Waals surface area contributed by atoms with Crippen LogP contribution in [0.5, 0.6) is 11.5 Å². The Labute approximate surface area is 229 Å². The second kappa shape index (κ2) is 10.5. The molecule has 10 heteroatoms. The normalized spacial score (nSPS) is 11.2. The second-order valence-corrected chi connectivity index (χ2v) is 10.5. The predicted molar refractivity (Wildman–Crippen MR) is 151 cm³/mol. The summed E-state index contributed by atoms with van der Waals surface area (Å²) < 4.78 is 47.8. The van der Waals surface area contributed by atoms with Crippen molar-refractivity contribution in [1.29, 1.82) is 5.41 Å². The highest BCUT2D eigenvalue weighted by atomic mass is 32.2. The van der Waals surface area contributed by atoms with E-state index in [1.807, 2.05) is 12.1 Å². The number of nitrogens with two attached hydrogens (primary N) is 1. The van der Waals surface area contributed by atoms with E-state index in [9.17, 15) is 22.7 Å². The number of nitrogens with one attached hydrogen (secondary N) is 2. The molecule has 0 amide bonds. The number of carboxylic acid groups (broad SMARTS) is 1. The van der Waals surface area contributed by atoms with Crippen molar-refractivity contribution in [3.8, 4) is 22.6 Å². The van der Waals surface area contributed by atoms with Crippen LogP contribution in [0, 0.1) is 11.2 Å². The summed E-state index contributed by atoms with van der Waals surface area (Å²) in [6, 6.07) is 25.9. The molecule has 0 atom stereocenters. The molecule has 0 bridgehead atoms. The van der Waals surface area contributed by atoms with Crippen LogP contribution < -0.4 is 15.2 Å². The van der Waals surface area contributed by atoms with Crippen LogP contribution in [0.1, 0.15) is 15.9 Å². The summed E-state index contributed by atoms with van der Waals surface area (Å²) in [6.45, 7) is 0. The SMILES string of the molecule is N=C(N)c1ccc2cc(Oc3ccc(NS(=O)(=O)c4ccc(F)cc4)cc3-c3ccccc3C(=O)O)ccc2c1. The van der Waals surface area contributed by atoms with Gasteiger partial charge < -0.3 is 15.6 Å². The van der Waals surface area contributed by atoms with Gasteiger partial charge in [0.15, 0.2) is 0 Å². The molecule has 0 unspecified atom stereocenters. The summed E-state index contributed by atoms with van der Waals surface area (Å²) in [6.07, 6.45) is 0. The molecule has 200 valence electrons. The Morgan fingerprint density at radius 1 is 0.850 bits per heavy atom. The van der Waals surface area contributed by atoms with E-state index in [1.165, 1.54) is 18.2 Å². The smallest absolute Gasteiger partial charge is 0.336 e. The number of hydrogen-bond acceptors (Lipinski definition) is 5. The molecular weight excluding hydrogens is 533 g/mol. The number of fused-ring (bicyclic) bond motifs is 1. The molecule has 5 rings (SSSR count). The van der Waals surface area contributed by atoms with Crippen LogP contribution in [0.4, 0.5) is 10.1 Å². The number of halogens is 1. The summed E-state index contributed by atoms with van der Waals surface area (Å²) in [5, 5.41) is 19.1. The van der Waals surface area contributed by atoms with Crippen LogP contribution in [0.2, 0.25) is 0 Å². The highest BCUT2D eigenvalue weighted by Crippen LogP contribution is 2.38. The quantitative estimate of drug-likeness (QED) is 0.132. The Balaban J connectivity index is 1.57. The fraction of sp³-hybridized carbons (Fsp3) is 0. The topological polar surface area (TPSA) is 143 Å². The zero-order valence-corrected chi connectivity index (χ0v) is 21.6. The van der Waals surface area contributed by atoms with Crippen molar-refractivity contribution in [2.45, 2.75) is 4.90 Å². The minimum absolute atomic E-state index is 0.00108. The van der Waals surface area contributed by atoms with Crippen molar-refractivity contribution in [1.82, 2.24) is 0 Å². The molecule has 8 nitrogen and oxygen atoms in total. The Hall–Kier alpha value is -5.22. The van der Waals surface area contributed by atoms with Gasteiger partial charge in [0, 0.05) is 16.8 Å². The molecule has 0 aromatic heterocycles. The molecule has 0 radical (unpaired) electrons. The monoisotopic (exact) mass is 555 g/mol. The Morgan fingerprint density at radius 2 is 1.55 bits per heavy atom. The van der Waals surface area contributed by atoms with E-state index in [-0.39, 0.29) is 27.7 Å². The molecule has 0 heterocycles. The highest BCUT2D eigenvalue weighted by Gasteiger charge is 2.19. The first-order chi connectivity index (χ1) is 19.1. The highest BCUT2D eigenvalue weighted by molar-refractivity contribution is 7.92. The van der Waals surface area contributed by atoms with Crippen LogP contribution in [0.25, 0.3) is 21.9 Å². The van der Waals surface area contributed by atoms with E-state index in [2.05, 4.69) is 4.72 Å². The molecule has 0 aliphatic rings. The summed E-state index contributed by atoms with van der Waals surface area (Å²) in [4.78, 5) is 11.9. The van der Waals surface area contributed by atoms with E-state index in [0.29, 0.717) is 22.4 Å². The maximum atomic E-state index is 13.3. The summed E-state index contributed by atoms with van der Waals surface area (Å²) in [7, 11) is -4.06. The number of rotatable bonds is 8. The molecule has 0 saturated heterocycles. The first-order valence-electron chi connectivity index (χ1n) is 11.9. The molecule has 5 aromatic rings. The van der Waals surface area contributed by atoms with E-state index < -0.39 is 21.8 Å².